The van der Waals surface area contributed by atoms with Crippen LogP contribution >= 0.6 is 22.6 Å². The quantitative estimate of drug-likeness (QED) is 0.451. The first kappa shape index (κ1) is 15.6. The maximum atomic E-state index is 12.1. The minimum atomic E-state index is -0.341. The van der Waals surface area contributed by atoms with Gasteiger partial charge in [0.1, 0.15) is 19.0 Å². The Kier molecular flexibility index (Phi) is 4.65. The SMILES string of the molecule is O=C(NN=Cc1ccc(O)c(I)c1)c1ccc2c(c1)OCCO2. The van der Waals surface area contributed by atoms with Gasteiger partial charge in [0.2, 0.25) is 0 Å². The number of hydrogen-bond donors (Lipinski definition) is 2. The van der Waals surface area contributed by atoms with Crippen molar-refractivity contribution in [3.05, 3.63) is 51.1 Å². The number of phenolic OH excluding ortho intramolecular Hbond substituents is 1. The number of nitrogens with zero attached hydrogens (tertiary/aromatic N) is 1. The van der Waals surface area contributed by atoms with Crippen LogP contribution in [0.5, 0.6) is 17.2 Å². The third kappa shape index (κ3) is 3.73. The van der Waals surface area contributed by atoms with E-state index in [2.05, 4.69) is 10.5 Å². The summed E-state index contributed by atoms with van der Waals surface area (Å²) in [6.07, 6.45) is 1.51. The molecule has 7 heteroatoms. The number of hydrogen-bond acceptors (Lipinski definition) is 5. The van der Waals surface area contributed by atoms with Crippen molar-refractivity contribution in [3.8, 4) is 17.2 Å². The fourth-order valence-corrected chi connectivity index (χ4v) is 2.56. The molecule has 1 aliphatic heterocycles. The standard InChI is InChI=1S/C16H13IN2O4/c17-12-7-10(1-3-13(12)20)9-18-19-16(21)11-2-4-14-15(8-11)23-6-5-22-14/h1-4,7-9,20H,5-6H2,(H,19,21). The van der Waals surface area contributed by atoms with Gasteiger partial charge < -0.3 is 14.6 Å². The molecule has 1 aliphatic rings. The zero-order valence-electron chi connectivity index (χ0n) is 12.0. The fourth-order valence-electron chi connectivity index (χ4n) is 2.02. The molecule has 0 aromatic heterocycles. The summed E-state index contributed by atoms with van der Waals surface area (Å²) in [6, 6.07) is 10.0. The molecule has 2 aromatic carbocycles. The third-order valence-corrected chi connectivity index (χ3v) is 4.02. The smallest absolute Gasteiger partial charge is 0.271 e. The first-order valence-electron chi connectivity index (χ1n) is 6.85. The zero-order valence-corrected chi connectivity index (χ0v) is 14.1. The van der Waals surface area contributed by atoms with E-state index in [9.17, 15) is 9.90 Å². The van der Waals surface area contributed by atoms with Crippen LogP contribution in [-0.4, -0.2) is 30.4 Å². The number of rotatable bonds is 3. The van der Waals surface area contributed by atoms with Gasteiger partial charge in [0.15, 0.2) is 11.5 Å². The van der Waals surface area contributed by atoms with Crippen LogP contribution in [0.15, 0.2) is 41.5 Å². The number of halogens is 1. The van der Waals surface area contributed by atoms with Gasteiger partial charge >= 0.3 is 0 Å². The van der Waals surface area contributed by atoms with Gasteiger partial charge in [-0.1, -0.05) is 0 Å². The highest BCUT2D eigenvalue weighted by Crippen LogP contribution is 2.30. The van der Waals surface area contributed by atoms with Crippen molar-refractivity contribution >= 4 is 34.7 Å². The number of aromatic hydroxyl groups is 1. The molecule has 1 heterocycles. The van der Waals surface area contributed by atoms with E-state index in [0.29, 0.717) is 33.8 Å². The summed E-state index contributed by atoms with van der Waals surface area (Å²) in [6.45, 7) is 0.976. The summed E-state index contributed by atoms with van der Waals surface area (Å²) >= 11 is 2.02. The van der Waals surface area contributed by atoms with Gasteiger partial charge in [0, 0.05) is 5.56 Å². The second-order valence-corrected chi connectivity index (χ2v) is 5.93. The molecule has 0 atom stereocenters. The lowest BCUT2D eigenvalue weighted by Gasteiger charge is -2.18. The monoisotopic (exact) mass is 424 g/mol. The number of carbonyl (C=O) groups excluding carboxylic acids is 1. The number of fused-ring (bicyclic) bond motifs is 1. The van der Waals surface area contributed by atoms with Crippen LogP contribution in [0, 0.1) is 3.57 Å². The van der Waals surface area contributed by atoms with Crippen LogP contribution in [0.25, 0.3) is 0 Å². The lowest BCUT2D eigenvalue weighted by atomic mass is 10.2. The van der Waals surface area contributed by atoms with E-state index < -0.39 is 0 Å². The van der Waals surface area contributed by atoms with Crippen molar-refractivity contribution in [2.24, 2.45) is 5.10 Å². The molecule has 0 radical (unpaired) electrons. The molecule has 118 valence electrons. The van der Waals surface area contributed by atoms with Crippen molar-refractivity contribution in [1.29, 1.82) is 0 Å². The summed E-state index contributed by atoms with van der Waals surface area (Å²) in [4.78, 5) is 12.1. The van der Waals surface area contributed by atoms with E-state index in [4.69, 9.17) is 9.47 Å². The van der Waals surface area contributed by atoms with Crippen LogP contribution < -0.4 is 14.9 Å². The topological polar surface area (TPSA) is 80.2 Å². The highest BCUT2D eigenvalue weighted by molar-refractivity contribution is 14.1. The number of carbonyl (C=O) groups is 1. The van der Waals surface area contributed by atoms with Crippen LogP contribution in [0.2, 0.25) is 0 Å². The van der Waals surface area contributed by atoms with E-state index in [0.717, 1.165) is 5.56 Å². The highest BCUT2D eigenvalue weighted by Gasteiger charge is 2.14. The minimum Gasteiger partial charge on any atom is -0.507 e. The van der Waals surface area contributed by atoms with Crippen molar-refractivity contribution < 1.29 is 19.4 Å². The summed E-state index contributed by atoms with van der Waals surface area (Å²) < 4.78 is 11.6. The average molecular weight is 424 g/mol. The molecule has 0 saturated carbocycles. The Bertz CT molecular complexity index is 777. The number of amides is 1. The van der Waals surface area contributed by atoms with E-state index in [1.54, 1.807) is 36.4 Å². The molecule has 1 amide bonds. The summed E-state index contributed by atoms with van der Waals surface area (Å²) in [7, 11) is 0. The molecular weight excluding hydrogens is 411 g/mol. The van der Waals surface area contributed by atoms with Crippen molar-refractivity contribution in [3.63, 3.8) is 0 Å². The Hall–Kier alpha value is -2.29. The van der Waals surface area contributed by atoms with Gasteiger partial charge in [-0.3, -0.25) is 4.79 Å². The van der Waals surface area contributed by atoms with Gasteiger partial charge in [-0.15, -0.1) is 0 Å². The van der Waals surface area contributed by atoms with Crippen LogP contribution in [0.1, 0.15) is 15.9 Å². The molecule has 23 heavy (non-hydrogen) atoms. The highest BCUT2D eigenvalue weighted by atomic mass is 127. The Morgan fingerprint density at radius 1 is 1.17 bits per heavy atom. The Morgan fingerprint density at radius 3 is 2.74 bits per heavy atom. The normalized spacial score (nSPS) is 13.1. The van der Waals surface area contributed by atoms with Gasteiger partial charge in [0.25, 0.3) is 5.91 Å². The molecule has 3 rings (SSSR count). The van der Waals surface area contributed by atoms with Crippen molar-refractivity contribution in [1.82, 2.24) is 5.43 Å². The predicted octanol–water partition coefficient (Wildman–Crippen LogP) is 2.53. The van der Waals surface area contributed by atoms with Gasteiger partial charge in [-0.25, -0.2) is 5.43 Å². The zero-order chi connectivity index (χ0) is 16.2. The fraction of sp³-hybridized carbons (Fsp3) is 0.125. The summed E-state index contributed by atoms with van der Waals surface area (Å²) in [5, 5.41) is 13.4. The minimum absolute atomic E-state index is 0.211. The molecule has 2 aromatic rings. The van der Waals surface area contributed by atoms with E-state index >= 15 is 0 Å². The van der Waals surface area contributed by atoms with Gasteiger partial charge in [0.05, 0.1) is 9.78 Å². The first-order valence-corrected chi connectivity index (χ1v) is 7.93. The summed E-state index contributed by atoms with van der Waals surface area (Å²) in [5.74, 6) is 1.06. The Labute approximate surface area is 146 Å². The second kappa shape index (κ2) is 6.86. The van der Waals surface area contributed by atoms with Gasteiger partial charge in [-0.2, -0.15) is 5.10 Å². The molecule has 0 spiro atoms. The van der Waals surface area contributed by atoms with E-state index in [-0.39, 0.29) is 11.7 Å². The van der Waals surface area contributed by atoms with Crippen LogP contribution in [0.3, 0.4) is 0 Å². The molecule has 0 saturated heterocycles. The number of hydrazone groups is 1. The Balaban J connectivity index is 1.67. The number of nitrogens with one attached hydrogen (secondary N) is 1. The molecule has 0 fully saturated rings. The molecule has 6 nitrogen and oxygen atoms in total. The van der Waals surface area contributed by atoms with Crippen LogP contribution in [-0.2, 0) is 0 Å². The van der Waals surface area contributed by atoms with Gasteiger partial charge in [-0.05, 0) is 64.6 Å². The Morgan fingerprint density at radius 2 is 1.96 bits per heavy atom. The summed E-state index contributed by atoms with van der Waals surface area (Å²) in [5.41, 5.74) is 3.67. The van der Waals surface area contributed by atoms with E-state index in [1.165, 1.54) is 6.21 Å². The second-order valence-electron chi connectivity index (χ2n) is 4.77. The molecule has 2 N–H and O–H groups in total. The maximum absolute atomic E-state index is 12.1. The third-order valence-electron chi connectivity index (χ3n) is 3.16. The molecule has 0 aliphatic carbocycles. The maximum Gasteiger partial charge on any atom is 0.271 e. The lowest BCUT2D eigenvalue weighted by Crippen LogP contribution is -2.19. The van der Waals surface area contributed by atoms with E-state index in [1.807, 2.05) is 22.6 Å². The number of phenols is 1. The van der Waals surface area contributed by atoms with Crippen molar-refractivity contribution in [2.45, 2.75) is 0 Å². The molecular formula is C16H13IN2O4. The molecule has 0 bridgehead atoms. The number of ether oxygens (including phenoxy) is 2. The predicted molar refractivity (Wildman–Crippen MR) is 93.3 cm³/mol. The van der Waals surface area contributed by atoms with Crippen molar-refractivity contribution in [2.75, 3.05) is 13.2 Å². The largest absolute Gasteiger partial charge is 0.507 e. The molecule has 0 unspecified atom stereocenters. The number of benzene rings is 2. The first-order chi connectivity index (χ1) is 11.1. The lowest BCUT2D eigenvalue weighted by molar-refractivity contribution is 0.0954. The average Bonchev–Trinajstić information content (AvgIpc) is 2.57. The van der Waals surface area contributed by atoms with Crippen LogP contribution in [0.4, 0.5) is 0 Å².